The molecule has 0 spiro atoms. The van der Waals surface area contributed by atoms with Gasteiger partial charge in [-0.1, -0.05) is 23.2 Å². The normalized spacial score (nSPS) is 11.2. The van der Waals surface area contributed by atoms with E-state index in [4.69, 9.17) is 28.5 Å². The number of sulfonamides is 1. The molecule has 0 saturated heterocycles. The first kappa shape index (κ1) is 18.3. The smallest absolute Gasteiger partial charge is 0.263 e. The summed E-state index contributed by atoms with van der Waals surface area (Å²) in [5, 5.41) is 9.55. The number of hydrogen-bond donors (Lipinski definition) is 2. The van der Waals surface area contributed by atoms with Crippen molar-refractivity contribution in [3.05, 3.63) is 70.1 Å². The largest absolute Gasteiger partial charge is 0.360 e. The summed E-state index contributed by atoms with van der Waals surface area (Å²) >= 11 is 12.0. The molecular weight excluding hydrogens is 400 g/mol. The molecule has 0 amide bonds. The van der Waals surface area contributed by atoms with Gasteiger partial charge in [-0.25, -0.2) is 12.8 Å². The summed E-state index contributed by atoms with van der Waals surface area (Å²) in [6, 6.07) is 11.4. The molecule has 0 aliphatic carbocycles. The van der Waals surface area contributed by atoms with Crippen molar-refractivity contribution in [2.75, 3.05) is 4.72 Å². The maximum Gasteiger partial charge on any atom is 0.263 e. The topological polar surface area (TPSA) is 85.8 Å². The van der Waals surface area contributed by atoms with E-state index in [0.717, 1.165) is 6.07 Å². The molecule has 0 unspecified atom stereocenters. The molecule has 5 nitrogen and oxygen atoms in total. The van der Waals surface area contributed by atoms with Crippen LogP contribution in [0.3, 0.4) is 0 Å². The van der Waals surface area contributed by atoms with Crippen molar-refractivity contribution in [1.29, 1.82) is 5.26 Å². The summed E-state index contributed by atoms with van der Waals surface area (Å²) in [6.45, 7) is 0. The van der Waals surface area contributed by atoms with Crippen LogP contribution in [0.4, 0.5) is 10.1 Å². The molecule has 2 aromatic carbocycles. The fourth-order valence-electron chi connectivity index (χ4n) is 2.26. The van der Waals surface area contributed by atoms with Gasteiger partial charge in [0.1, 0.15) is 10.7 Å². The van der Waals surface area contributed by atoms with Gasteiger partial charge >= 0.3 is 0 Å². The fourth-order valence-corrected chi connectivity index (χ4v) is 3.83. The Morgan fingerprint density at radius 3 is 2.54 bits per heavy atom. The zero-order chi connectivity index (χ0) is 18.9. The van der Waals surface area contributed by atoms with Crippen LogP contribution >= 0.6 is 23.2 Å². The number of halogens is 3. The lowest BCUT2D eigenvalue weighted by molar-refractivity contribution is 0.598. The molecule has 0 atom stereocenters. The van der Waals surface area contributed by atoms with Gasteiger partial charge in [0.2, 0.25) is 0 Å². The molecule has 0 saturated carbocycles. The highest BCUT2D eigenvalue weighted by Crippen LogP contribution is 2.31. The van der Waals surface area contributed by atoms with E-state index in [1.54, 1.807) is 18.2 Å². The Bertz CT molecular complexity index is 1140. The minimum Gasteiger partial charge on any atom is -0.360 e. The quantitative estimate of drug-likeness (QED) is 0.648. The Balaban J connectivity index is 1.92. The summed E-state index contributed by atoms with van der Waals surface area (Å²) in [5.41, 5.74) is 0.873. The molecule has 26 heavy (non-hydrogen) atoms. The lowest BCUT2D eigenvalue weighted by Gasteiger charge is -2.07. The highest BCUT2D eigenvalue weighted by atomic mass is 35.5. The lowest BCUT2D eigenvalue weighted by Crippen LogP contribution is -2.13. The van der Waals surface area contributed by atoms with Crippen LogP contribution in [0, 0.1) is 17.1 Å². The Morgan fingerprint density at radius 2 is 1.88 bits per heavy atom. The van der Waals surface area contributed by atoms with Gasteiger partial charge in [0.25, 0.3) is 10.0 Å². The average molecular weight is 410 g/mol. The number of rotatable bonds is 4. The summed E-state index contributed by atoms with van der Waals surface area (Å²) in [5.74, 6) is -0.843. The highest BCUT2D eigenvalue weighted by Gasteiger charge is 2.19. The summed E-state index contributed by atoms with van der Waals surface area (Å²) in [4.78, 5) is 2.73. The molecule has 2 N–H and O–H groups in total. The summed E-state index contributed by atoms with van der Waals surface area (Å²) in [7, 11) is -4.04. The zero-order valence-corrected chi connectivity index (χ0v) is 15.3. The van der Waals surface area contributed by atoms with Crippen LogP contribution < -0.4 is 4.72 Å². The molecule has 1 aromatic heterocycles. The molecule has 0 fully saturated rings. The number of nitriles is 1. The van der Waals surface area contributed by atoms with Crippen LogP contribution in [-0.4, -0.2) is 13.4 Å². The second-order valence-corrected chi connectivity index (χ2v) is 7.81. The van der Waals surface area contributed by atoms with Crippen LogP contribution in [0.5, 0.6) is 0 Å². The predicted molar refractivity (Wildman–Crippen MR) is 98.2 cm³/mol. The Kier molecular flexibility index (Phi) is 4.92. The van der Waals surface area contributed by atoms with E-state index >= 15 is 0 Å². The molecule has 0 aliphatic rings. The Morgan fingerprint density at radius 1 is 1.12 bits per heavy atom. The molecule has 3 aromatic rings. The van der Waals surface area contributed by atoms with Gasteiger partial charge in [0.05, 0.1) is 22.3 Å². The molecule has 9 heteroatoms. The molecule has 0 bridgehead atoms. The third-order valence-electron chi connectivity index (χ3n) is 3.53. The van der Waals surface area contributed by atoms with Crippen molar-refractivity contribution in [2.24, 2.45) is 0 Å². The fraction of sp³-hybridized carbons (Fsp3) is 0. The van der Waals surface area contributed by atoms with Gasteiger partial charge in [0.15, 0.2) is 0 Å². The van der Waals surface area contributed by atoms with Crippen LogP contribution in [0.2, 0.25) is 10.0 Å². The second-order valence-electron chi connectivity index (χ2n) is 5.29. The van der Waals surface area contributed by atoms with E-state index < -0.39 is 15.8 Å². The van der Waals surface area contributed by atoms with E-state index in [2.05, 4.69) is 9.71 Å². The standard InChI is InChI=1S/C17H10Cl2FN3O2S/c18-11-2-3-13(14(19)6-11)17-7-12(9-22-17)26(24,25)23-16-4-1-10(8-21)5-15(16)20/h1-7,9,22-23H. The second kappa shape index (κ2) is 7.00. The molecule has 3 rings (SSSR count). The molecule has 0 radical (unpaired) electrons. The molecule has 0 aliphatic heterocycles. The van der Waals surface area contributed by atoms with E-state index in [9.17, 15) is 12.8 Å². The van der Waals surface area contributed by atoms with E-state index in [-0.39, 0.29) is 16.1 Å². The first-order valence-corrected chi connectivity index (χ1v) is 9.40. The maximum absolute atomic E-state index is 13.9. The van der Waals surface area contributed by atoms with Crippen molar-refractivity contribution < 1.29 is 12.8 Å². The van der Waals surface area contributed by atoms with E-state index in [0.29, 0.717) is 21.3 Å². The number of aromatic amines is 1. The van der Waals surface area contributed by atoms with Crippen molar-refractivity contribution in [1.82, 2.24) is 4.98 Å². The first-order chi connectivity index (χ1) is 12.3. The summed E-state index contributed by atoms with van der Waals surface area (Å²) < 4.78 is 41.0. The number of aromatic nitrogens is 1. The van der Waals surface area contributed by atoms with Gasteiger partial charge in [-0.05, 0) is 42.5 Å². The minimum absolute atomic E-state index is 0.0896. The van der Waals surface area contributed by atoms with E-state index in [1.165, 1.54) is 30.5 Å². The monoisotopic (exact) mass is 409 g/mol. The number of nitrogens with one attached hydrogen (secondary N) is 2. The number of hydrogen-bond acceptors (Lipinski definition) is 3. The van der Waals surface area contributed by atoms with Crippen molar-refractivity contribution in [3.63, 3.8) is 0 Å². The molecule has 1 heterocycles. The zero-order valence-electron chi connectivity index (χ0n) is 12.9. The predicted octanol–water partition coefficient (Wildman–Crippen LogP) is 4.80. The Hall–Kier alpha value is -2.53. The molecular formula is C17H10Cl2FN3O2S. The first-order valence-electron chi connectivity index (χ1n) is 7.16. The average Bonchev–Trinajstić information content (AvgIpc) is 3.07. The maximum atomic E-state index is 13.9. The number of nitrogens with zero attached hydrogens (tertiary/aromatic N) is 1. The van der Waals surface area contributed by atoms with Crippen molar-refractivity contribution in [2.45, 2.75) is 4.90 Å². The van der Waals surface area contributed by atoms with Gasteiger partial charge in [0, 0.05) is 22.5 Å². The van der Waals surface area contributed by atoms with Crippen LogP contribution in [0.15, 0.2) is 53.6 Å². The number of anilines is 1. The minimum atomic E-state index is -4.04. The lowest BCUT2D eigenvalue weighted by atomic mass is 10.1. The number of H-pyrrole nitrogens is 1. The highest BCUT2D eigenvalue weighted by molar-refractivity contribution is 7.92. The van der Waals surface area contributed by atoms with Crippen molar-refractivity contribution in [3.8, 4) is 17.3 Å². The van der Waals surface area contributed by atoms with Crippen LogP contribution in [0.25, 0.3) is 11.3 Å². The molecule has 132 valence electrons. The van der Waals surface area contributed by atoms with Gasteiger partial charge in [-0.15, -0.1) is 0 Å². The number of benzene rings is 2. The summed E-state index contributed by atoms with van der Waals surface area (Å²) in [6.07, 6.45) is 1.27. The van der Waals surface area contributed by atoms with Gasteiger partial charge in [-0.3, -0.25) is 4.72 Å². The van der Waals surface area contributed by atoms with Crippen LogP contribution in [-0.2, 0) is 10.0 Å². The SMILES string of the molecule is N#Cc1ccc(NS(=O)(=O)c2c[nH]c(-c3ccc(Cl)cc3Cl)c2)c(F)c1. The van der Waals surface area contributed by atoms with Crippen LogP contribution in [0.1, 0.15) is 5.56 Å². The van der Waals surface area contributed by atoms with Crippen molar-refractivity contribution >= 4 is 38.9 Å². The third kappa shape index (κ3) is 3.68. The Labute approximate surface area is 159 Å². The third-order valence-corrected chi connectivity index (χ3v) is 5.42. The van der Waals surface area contributed by atoms with Gasteiger partial charge < -0.3 is 4.98 Å². The van der Waals surface area contributed by atoms with E-state index in [1.807, 2.05) is 0 Å². The van der Waals surface area contributed by atoms with Gasteiger partial charge in [-0.2, -0.15) is 5.26 Å².